The highest BCUT2D eigenvalue weighted by Crippen LogP contribution is 2.40. The molecule has 0 atom stereocenters. The Morgan fingerprint density at radius 3 is 1.88 bits per heavy atom. The van der Waals surface area contributed by atoms with Gasteiger partial charge in [-0.2, -0.15) is 26.3 Å². The summed E-state index contributed by atoms with van der Waals surface area (Å²) in [6, 6.07) is 0.777. The molecule has 0 saturated heterocycles. The van der Waals surface area contributed by atoms with Gasteiger partial charge in [0.05, 0.1) is 11.1 Å². The van der Waals surface area contributed by atoms with Crippen LogP contribution < -0.4 is 0 Å². The molecular weight excluding hydrogens is 266 g/mol. The highest BCUT2D eigenvalue weighted by Gasteiger charge is 2.38. The van der Waals surface area contributed by atoms with Crippen molar-refractivity contribution in [3.8, 4) is 0 Å². The summed E-state index contributed by atoms with van der Waals surface area (Å²) in [5, 5.41) is 0. The Morgan fingerprint density at radius 1 is 1.00 bits per heavy atom. The first-order chi connectivity index (χ1) is 7.57. The standard InChI is InChI=1S/C10H8F6S/c1-2-5-3-6(9(11,12)13)4-7(8(5)17)10(14,15)16/h3-4,17H,2H2,1H3. The van der Waals surface area contributed by atoms with Gasteiger partial charge in [-0.25, -0.2) is 0 Å². The first-order valence-electron chi connectivity index (χ1n) is 4.57. The summed E-state index contributed by atoms with van der Waals surface area (Å²) in [6.45, 7) is 1.47. The highest BCUT2D eigenvalue weighted by atomic mass is 32.1. The second-order valence-corrected chi connectivity index (χ2v) is 3.83. The van der Waals surface area contributed by atoms with E-state index in [-0.39, 0.29) is 18.1 Å². The molecule has 0 heterocycles. The number of halogens is 6. The summed E-state index contributed by atoms with van der Waals surface area (Å²) >= 11 is 3.64. The number of thiol groups is 1. The van der Waals surface area contributed by atoms with E-state index in [9.17, 15) is 26.3 Å². The van der Waals surface area contributed by atoms with Gasteiger partial charge in [0.2, 0.25) is 0 Å². The molecule has 0 aliphatic carbocycles. The number of hydrogen-bond donors (Lipinski definition) is 1. The molecule has 0 bridgehead atoms. The Hall–Kier alpha value is -0.850. The van der Waals surface area contributed by atoms with Crippen molar-refractivity contribution in [1.29, 1.82) is 0 Å². The predicted octanol–water partition coefficient (Wildman–Crippen LogP) is 4.58. The van der Waals surface area contributed by atoms with Crippen molar-refractivity contribution >= 4 is 12.6 Å². The molecule has 0 spiro atoms. The normalized spacial score (nSPS) is 12.9. The third-order valence-corrected chi connectivity index (χ3v) is 2.73. The average Bonchev–Trinajstić information content (AvgIpc) is 2.14. The van der Waals surface area contributed by atoms with Crippen molar-refractivity contribution < 1.29 is 26.3 Å². The van der Waals surface area contributed by atoms with Crippen LogP contribution in [0.5, 0.6) is 0 Å². The molecule has 0 saturated carbocycles. The summed E-state index contributed by atoms with van der Waals surface area (Å²) in [6.07, 6.45) is -9.60. The fourth-order valence-electron chi connectivity index (χ4n) is 1.34. The molecule has 96 valence electrons. The molecule has 0 unspecified atom stereocenters. The van der Waals surface area contributed by atoms with Crippen LogP contribution in [-0.4, -0.2) is 0 Å². The lowest BCUT2D eigenvalue weighted by atomic mass is 10.0. The number of benzene rings is 1. The fourth-order valence-corrected chi connectivity index (χ4v) is 1.76. The molecule has 0 amide bonds. The third kappa shape index (κ3) is 3.08. The zero-order valence-electron chi connectivity index (χ0n) is 8.58. The summed E-state index contributed by atoms with van der Waals surface area (Å²) in [4.78, 5) is -0.451. The van der Waals surface area contributed by atoms with Crippen molar-refractivity contribution in [3.05, 3.63) is 28.8 Å². The van der Waals surface area contributed by atoms with Gasteiger partial charge in [-0.15, -0.1) is 12.6 Å². The van der Waals surface area contributed by atoms with E-state index in [2.05, 4.69) is 12.6 Å². The molecule has 1 aromatic rings. The van der Waals surface area contributed by atoms with Gasteiger partial charge in [0, 0.05) is 4.90 Å². The molecule has 0 radical (unpaired) electrons. The number of rotatable bonds is 1. The minimum absolute atomic E-state index is 0.0475. The lowest BCUT2D eigenvalue weighted by molar-refractivity contribution is -0.144. The van der Waals surface area contributed by atoms with Crippen LogP contribution >= 0.6 is 12.6 Å². The quantitative estimate of drug-likeness (QED) is 0.562. The average molecular weight is 274 g/mol. The molecule has 0 aromatic heterocycles. The van der Waals surface area contributed by atoms with Crippen LogP contribution in [0, 0.1) is 0 Å². The van der Waals surface area contributed by atoms with Gasteiger partial charge in [-0.05, 0) is 24.1 Å². The van der Waals surface area contributed by atoms with Gasteiger partial charge in [0.15, 0.2) is 0 Å². The molecule has 0 fully saturated rings. The SMILES string of the molecule is CCc1cc(C(F)(F)F)cc(C(F)(F)F)c1S. The predicted molar refractivity (Wildman–Crippen MR) is 53.1 cm³/mol. The van der Waals surface area contributed by atoms with Crippen LogP contribution in [0.15, 0.2) is 17.0 Å². The number of alkyl halides is 6. The monoisotopic (exact) mass is 274 g/mol. The molecule has 1 aromatic carbocycles. The lowest BCUT2D eigenvalue weighted by Gasteiger charge is -2.16. The Kier molecular flexibility index (Phi) is 3.71. The van der Waals surface area contributed by atoms with Crippen molar-refractivity contribution in [2.24, 2.45) is 0 Å². The minimum Gasteiger partial charge on any atom is -0.166 e. The van der Waals surface area contributed by atoms with E-state index < -0.39 is 28.4 Å². The smallest absolute Gasteiger partial charge is 0.166 e. The topological polar surface area (TPSA) is 0 Å². The highest BCUT2D eigenvalue weighted by molar-refractivity contribution is 7.80. The summed E-state index contributed by atoms with van der Waals surface area (Å²) < 4.78 is 74.8. The second kappa shape index (κ2) is 4.44. The van der Waals surface area contributed by atoms with E-state index in [0.29, 0.717) is 6.07 Å². The van der Waals surface area contributed by atoms with E-state index >= 15 is 0 Å². The third-order valence-electron chi connectivity index (χ3n) is 2.20. The van der Waals surface area contributed by atoms with E-state index in [0.717, 1.165) is 0 Å². The molecule has 7 heteroatoms. The van der Waals surface area contributed by atoms with Gasteiger partial charge in [-0.1, -0.05) is 6.92 Å². The van der Waals surface area contributed by atoms with E-state index in [1.54, 1.807) is 0 Å². The molecule has 0 nitrogen and oxygen atoms in total. The zero-order chi connectivity index (χ0) is 13.4. The molecule has 1 rings (SSSR count). The fraction of sp³-hybridized carbons (Fsp3) is 0.400. The summed E-state index contributed by atoms with van der Waals surface area (Å²) in [5.74, 6) is 0. The largest absolute Gasteiger partial charge is 0.417 e. The summed E-state index contributed by atoms with van der Waals surface area (Å²) in [7, 11) is 0. The van der Waals surface area contributed by atoms with E-state index in [4.69, 9.17) is 0 Å². The molecular formula is C10H8F6S. The lowest BCUT2D eigenvalue weighted by Crippen LogP contribution is -2.13. The Balaban J connectivity index is 3.50. The van der Waals surface area contributed by atoms with Crippen LogP contribution in [-0.2, 0) is 18.8 Å². The number of hydrogen-bond acceptors (Lipinski definition) is 1. The zero-order valence-corrected chi connectivity index (χ0v) is 9.47. The van der Waals surface area contributed by atoms with Crippen molar-refractivity contribution in [3.63, 3.8) is 0 Å². The Bertz CT molecular complexity index is 418. The Labute approximate surface area is 99.0 Å². The van der Waals surface area contributed by atoms with Crippen LogP contribution in [0.1, 0.15) is 23.6 Å². The van der Waals surface area contributed by atoms with Crippen LogP contribution in [0.2, 0.25) is 0 Å². The van der Waals surface area contributed by atoms with Gasteiger partial charge in [-0.3, -0.25) is 0 Å². The van der Waals surface area contributed by atoms with Crippen LogP contribution in [0.25, 0.3) is 0 Å². The van der Waals surface area contributed by atoms with Crippen LogP contribution in [0.4, 0.5) is 26.3 Å². The molecule has 0 aliphatic rings. The maximum atomic E-state index is 12.5. The van der Waals surface area contributed by atoms with E-state index in [1.807, 2.05) is 0 Å². The molecule has 0 N–H and O–H groups in total. The molecule has 17 heavy (non-hydrogen) atoms. The van der Waals surface area contributed by atoms with E-state index in [1.165, 1.54) is 6.92 Å². The number of aryl methyl sites for hydroxylation is 1. The molecule has 0 aliphatic heterocycles. The maximum Gasteiger partial charge on any atom is 0.417 e. The van der Waals surface area contributed by atoms with Crippen molar-refractivity contribution in [1.82, 2.24) is 0 Å². The summed E-state index contributed by atoms with van der Waals surface area (Å²) in [5.41, 5.74) is -2.73. The first kappa shape index (κ1) is 14.2. The van der Waals surface area contributed by atoms with Gasteiger partial charge in [0.1, 0.15) is 0 Å². The first-order valence-corrected chi connectivity index (χ1v) is 5.02. The Morgan fingerprint density at radius 2 is 1.53 bits per heavy atom. The van der Waals surface area contributed by atoms with Crippen molar-refractivity contribution in [2.75, 3.05) is 0 Å². The van der Waals surface area contributed by atoms with Crippen molar-refractivity contribution in [2.45, 2.75) is 30.6 Å². The van der Waals surface area contributed by atoms with Gasteiger partial charge >= 0.3 is 12.4 Å². The second-order valence-electron chi connectivity index (χ2n) is 3.38. The van der Waals surface area contributed by atoms with Gasteiger partial charge in [0.25, 0.3) is 0 Å². The van der Waals surface area contributed by atoms with Crippen LogP contribution in [0.3, 0.4) is 0 Å². The minimum atomic E-state index is -4.84. The maximum absolute atomic E-state index is 12.5. The van der Waals surface area contributed by atoms with Gasteiger partial charge < -0.3 is 0 Å².